The van der Waals surface area contributed by atoms with Gasteiger partial charge in [0.25, 0.3) is 0 Å². The van der Waals surface area contributed by atoms with Gasteiger partial charge in [0.05, 0.1) is 6.04 Å². The van der Waals surface area contributed by atoms with Crippen molar-refractivity contribution < 1.29 is 8.78 Å². The first-order valence-electron chi connectivity index (χ1n) is 6.47. The molecule has 0 saturated heterocycles. The third-order valence-electron chi connectivity index (χ3n) is 4.18. The summed E-state index contributed by atoms with van der Waals surface area (Å²) >= 11 is 0. The molecule has 1 aromatic rings. The lowest BCUT2D eigenvalue weighted by atomic mass is 9.85. The van der Waals surface area contributed by atoms with Crippen LogP contribution in [-0.2, 0) is 0 Å². The molecule has 1 saturated carbocycles. The molecular weight excluding hydrogens is 234 g/mol. The second kappa shape index (κ2) is 5.33. The number of hydrogen-bond acceptors (Lipinski definition) is 2. The average molecular weight is 254 g/mol. The van der Waals surface area contributed by atoms with Gasteiger partial charge in [-0.25, -0.2) is 8.78 Å². The summed E-state index contributed by atoms with van der Waals surface area (Å²) in [5, 5.41) is 0. The van der Waals surface area contributed by atoms with Crippen LogP contribution in [0.25, 0.3) is 0 Å². The van der Waals surface area contributed by atoms with Crippen molar-refractivity contribution in [3.63, 3.8) is 0 Å². The highest BCUT2D eigenvalue weighted by atomic mass is 19.2. The molecule has 18 heavy (non-hydrogen) atoms. The molecule has 0 aliphatic heterocycles. The average Bonchev–Trinajstić information content (AvgIpc) is 2.77. The lowest BCUT2D eigenvalue weighted by molar-refractivity contribution is 0.295. The van der Waals surface area contributed by atoms with Gasteiger partial charge in [0, 0.05) is 5.56 Å². The maximum atomic E-state index is 14.0. The lowest BCUT2D eigenvalue weighted by Crippen LogP contribution is -2.35. The quantitative estimate of drug-likeness (QED) is 0.642. The molecule has 1 aromatic carbocycles. The first-order valence-corrected chi connectivity index (χ1v) is 6.47. The number of aryl methyl sites for hydroxylation is 1. The monoisotopic (exact) mass is 254 g/mol. The summed E-state index contributed by atoms with van der Waals surface area (Å²) in [6.45, 7) is 3.70. The Morgan fingerprint density at radius 1 is 1.28 bits per heavy atom. The third kappa shape index (κ3) is 2.27. The first kappa shape index (κ1) is 13.4. The van der Waals surface area contributed by atoms with Crippen LogP contribution in [0.3, 0.4) is 0 Å². The molecule has 0 radical (unpaired) electrons. The Balaban J connectivity index is 2.36. The Kier molecular flexibility index (Phi) is 3.97. The van der Waals surface area contributed by atoms with Gasteiger partial charge in [-0.1, -0.05) is 31.9 Å². The molecule has 3 atom stereocenters. The van der Waals surface area contributed by atoms with E-state index >= 15 is 0 Å². The third-order valence-corrected chi connectivity index (χ3v) is 4.18. The summed E-state index contributed by atoms with van der Waals surface area (Å²) < 4.78 is 27.6. The highest BCUT2D eigenvalue weighted by Gasteiger charge is 2.33. The van der Waals surface area contributed by atoms with Crippen molar-refractivity contribution in [2.45, 2.75) is 39.2 Å². The van der Waals surface area contributed by atoms with Crippen LogP contribution in [0, 0.1) is 30.4 Å². The van der Waals surface area contributed by atoms with Crippen molar-refractivity contribution in [3.8, 4) is 0 Å². The predicted molar refractivity (Wildman–Crippen MR) is 67.7 cm³/mol. The summed E-state index contributed by atoms with van der Waals surface area (Å²) in [7, 11) is 0. The van der Waals surface area contributed by atoms with E-state index in [0.717, 1.165) is 19.3 Å². The molecule has 1 aliphatic carbocycles. The molecule has 0 aromatic heterocycles. The summed E-state index contributed by atoms with van der Waals surface area (Å²) in [4.78, 5) is 0. The van der Waals surface area contributed by atoms with E-state index in [2.05, 4.69) is 12.3 Å². The van der Waals surface area contributed by atoms with Crippen molar-refractivity contribution in [2.24, 2.45) is 17.7 Å². The van der Waals surface area contributed by atoms with Crippen LogP contribution < -0.4 is 11.3 Å². The van der Waals surface area contributed by atoms with Crippen LogP contribution in [0.4, 0.5) is 8.78 Å². The van der Waals surface area contributed by atoms with Crippen molar-refractivity contribution in [1.29, 1.82) is 0 Å². The number of rotatable bonds is 3. The molecule has 3 unspecified atom stereocenters. The van der Waals surface area contributed by atoms with Gasteiger partial charge in [-0.3, -0.25) is 11.3 Å². The van der Waals surface area contributed by atoms with Crippen molar-refractivity contribution in [3.05, 3.63) is 34.9 Å². The minimum Gasteiger partial charge on any atom is -0.271 e. The minimum atomic E-state index is -0.767. The summed E-state index contributed by atoms with van der Waals surface area (Å²) in [6, 6.07) is 2.94. The largest absolute Gasteiger partial charge is 0.271 e. The van der Waals surface area contributed by atoms with Crippen molar-refractivity contribution >= 4 is 0 Å². The standard InChI is InChI=1S/C14H20F2N2/c1-8-4-3-5-10(8)14(18-17)11-7-6-9(2)12(15)13(11)16/h6-8,10,14,18H,3-5,17H2,1-2H3. The van der Waals surface area contributed by atoms with Gasteiger partial charge in [-0.15, -0.1) is 0 Å². The van der Waals surface area contributed by atoms with E-state index < -0.39 is 11.6 Å². The fraction of sp³-hybridized carbons (Fsp3) is 0.571. The van der Waals surface area contributed by atoms with Crippen LogP contribution in [0.5, 0.6) is 0 Å². The summed E-state index contributed by atoms with van der Waals surface area (Å²) in [6.07, 6.45) is 3.25. The van der Waals surface area contributed by atoms with Gasteiger partial charge in [0.15, 0.2) is 11.6 Å². The minimum absolute atomic E-state index is 0.270. The van der Waals surface area contributed by atoms with Gasteiger partial charge >= 0.3 is 0 Å². The molecule has 3 N–H and O–H groups in total. The molecule has 2 rings (SSSR count). The van der Waals surface area contributed by atoms with Gasteiger partial charge in [0.1, 0.15) is 0 Å². The Bertz CT molecular complexity index is 434. The van der Waals surface area contributed by atoms with E-state index in [9.17, 15) is 8.78 Å². The normalized spacial score (nSPS) is 25.4. The summed E-state index contributed by atoms with van der Waals surface area (Å²) in [5.41, 5.74) is 3.34. The van der Waals surface area contributed by atoms with Crippen molar-refractivity contribution in [1.82, 2.24) is 5.43 Å². The molecule has 0 bridgehead atoms. The molecular formula is C14H20F2N2. The lowest BCUT2D eigenvalue weighted by Gasteiger charge is -2.27. The molecule has 0 heterocycles. The van der Waals surface area contributed by atoms with E-state index in [4.69, 9.17) is 5.84 Å². The van der Waals surface area contributed by atoms with Crippen LogP contribution in [0.15, 0.2) is 12.1 Å². The maximum Gasteiger partial charge on any atom is 0.163 e. The second-order valence-electron chi connectivity index (χ2n) is 5.32. The predicted octanol–water partition coefficient (Wildman–Crippen LogP) is 3.21. The number of hydrogen-bond donors (Lipinski definition) is 2. The second-order valence-corrected chi connectivity index (χ2v) is 5.32. The molecule has 2 nitrogen and oxygen atoms in total. The number of nitrogens with two attached hydrogens (primary N) is 1. The van der Waals surface area contributed by atoms with Gasteiger partial charge < -0.3 is 0 Å². The molecule has 4 heteroatoms. The zero-order valence-electron chi connectivity index (χ0n) is 10.8. The smallest absolute Gasteiger partial charge is 0.163 e. The fourth-order valence-electron chi connectivity index (χ4n) is 3.01. The van der Waals surface area contributed by atoms with Crippen LogP contribution in [-0.4, -0.2) is 0 Å². The first-order chi connectivity index (χ1) is 8.56. The molecule has 100 valence electrons. The van der Waals surface area contributed by atoms with Gasteiger partial charge in [-0.2, -0.15) is 0 Å². The van der Waals surface area contributed by atoms with Crippen LogP contribution >= 0.6 is 0 Å². The zero-order chi connectivity index (χ0) is 13.3. The Hall–Kier alpha value is -1.00. The van der Waals surface area contributed by atoms with E-state index in [0.29, 0.717) is 17.0 Å². The number of hydrazine groups is 1. The summed E-state index contributed by atoms with van der Waals surface area (Å²) in [5.74, 6) is 4.78. The number of halogens is 2. The van der Waals surface area contributed by atoms with E-state index in [1.54, 1.807) is 19.1 Å². The van der Waals surface area contributed by atoms with Crippen molar-refractivity contribution in [2.75, 3.05) is 0 Å². The van der Waals surface area contributed by atoms with Crippen LogP contribution in [0.1, 0.15) is 43.4 Å². The van der Waals surface area contributed by atoms with Gasteiger partial charge in [0.2, 0.25) is 0 Å². The number of benzene rings is 1. The highest BCUT2D eigenvalue weighted by molar-refractivity contribution is 5.28. The fourth-order valence-corrected chi connectivity index (χ4v) is 3.01. The zero-order valence-corrected chi connectivity index (χ0v) is 10.8. The van der Waals surface area contributed by atoms with Gasteiger partial charge in [-0.05, 0) is 30.7 Å². The number of nitrogens with one attached hydrogen (secondary N) is 1. The Morgan fingerprint density at radius 2 is 2.00 bits per heavy atom. The molecule has 1 aliphatic rings. The van der Waals surface area contributed by atoms with E-state index in [1.807, 2.05) is 0 Å². The molecule has 1 fully saturated rings. The topological polar surface area (TPSA) is 38.0 Å². The van der Waals surface area contributed by atoms with E-state index in [-0.39, 0.29) is 12.0 Å². The maximum absolute atomic E-state index is 14.0. The molecule has 0 spiro atoms. The van der Waals surface area contributed by atoms with E-state index in [1.165, 1.54) is 0 Å². The Labute approximate surface area is 107 Å². The molecule has 0 amide bonds. The highest BCUT2D eigenvalue weighted by Crippen LogP contribution is 2.40. The van der Waals surface area contributed by atoms with Crippen LogP contribution in [0.2, 0.25) is 0 Å². The Morgan fingerprint density at radius 3 is 2.56 bits per heavy atom. The SMILES string of the molecule is Cc1ccc(C(NN)C2CCCC2C)c(F)c1F.